The lowest BCUT2D eigenvalue weighted by atomic mass is 9.99. The zero-order chi connectivity index (χ0) is 24.1. The Morgan fingerprint density at radius 3 is 2.55 bits per heavy atom. The molecule has 178 valence electrons. The minimum absolute atomic E-state index is 0.0726. The molecular formula is C25H34N4O4. The van der Waals surface area contributed by atoms with Crippen LogP contribution in [-0.4, -0.2) is 79.8 Å². The van der Waals surface area contributed by atoms with E-state index in [2.05, 4.69) is 5.32 Å². The molecule has 0 saturated carbocycles. The Morgan fingerprint density at radius 2 is 1.91 bits per heavy atom. The number of nitrogens with zero attached hydrogens (tertiary/aromatic N) is 3. The number of aliphatic hydroxyl groups is 1. The Bertz CT molecular complexity index is 966. The molecule has 8 nitrogen and oxygen atoms in total. The van der Waals surface area contributed by atoms with Crippen LogP contribution in [0.1, 0.15) is 24.2 Å². The van der Waals surface area contributed by atoms with Gasteiger partial charge in [0, 0.05) is 45.0 Å². The Hall–Kier alpha value is -3.26. The third-order valence-corrected chi connectivity index (χ3v) is 5.99. The number of aliphatic hydroxyl groups excluding tert-OH is 1. The van der Waals surface area contributed by atoms with Crippen LogP contribution in [0.5, 0.6) is 5.75 Å². The van der Waals surface area contributed by atoms with E-state index in [0.717, 1.165) is 11.4 Å². The van der Waals surface area contributed by atoms with Crippen molar-refractivity contribution in [1.29, 1.82) is 0 Å². The predicted molar refractivity (Wildman–Crippen MR) is 130 cm³/mol. The van der Waals surface area contributed by atoms with E-state index in [4.69, 9.17) is 4.74 Å². The Morgan fingerprint density at radius 1 is 1.21 bits per heavy atom. The predicted octanol–water partition coefficient (Wildman–Crippen LogP) is 3.14. The highest BCUT2D eigenvalue weighted by molar-refractivity contribution is 5.98. The van der Waals surface area contributed by atoms with Gasteiger partial charge in [0.15, 0.2) is 0 Å². The number of urea groups is 1. The lowest BCUT2D eigenvalue weighted by molar-refractivity contribution is 0.0371. The first-order valence-corrected chi connectivity index (χ1v) is 11.2. The van der Waals surface area contributed by atoms with Crippen LogP contribution < -0.4 is 15.0 Å². The molecule has 0 aliphatic carbocycles. The highest BCUT2D eigenvalue weighted by Gasteiger charge is 2.34. The molecule has 2 aromatic rings. The minimum Gasteiger partial charge on any atom is -0.487 e. The van der Waals surface area contributed by atoms with Gasteiger partial charge in [-0.2, -0.15) is 0 Å². The SMILES string of the molecule is C[C@@H]1CN([C@@H](C)CO)C(=O)c2cc(N(C)C)ccc2O[C@@H]1CN(C)C(=O)Nc1ccccc1. The number of likely N-dealkylation sites (N-methyl/N-ethyl adjacent to an activating group) is 1. The second-order valence-electron chi connectivity index (χ2n) is 8.87. The number of amides is 3. The average molecular weight is 455 g/mol. The zero-order valence-electron chi connectivity index (χ0n) is 20.0. The highest BCUT2D eigenvalue weighted by atomic mass is 16.5. The molecule has 0 radical (unpaired) electrons. The number of rotatable bonds is 6. The largest absolute Gasteiger partial charge is 0.487 e. The van der Waals surface area contributed by atoms with E-state index in [0.29, 0.717) is 24.4 Å². The molecule has 0 bridgehead atoms. The van der Waals surface area contributed by atoms with Crippen molar-refractivity contribution in [3.05, 3.63) is 54.1 Å². The molecule has 3 rings (SSSR count). The van der Waals surface area contributed by atoms with Gasteiger partial charge in [-0.25, -0.2) is 4.79 Å². The smallest absolute Gasteiger partial charge is 0.321 e. The van der Waals surface area contributed by atoms with Crippen LogP contribution in [0.3, 0.4) is 0 Å². The summed E-state index contributed by atoms with van der Waals surface area (Å²) < 4.78 is 6.34. The summed E-state index contributed by atoms with van der Waals surface area (Å²) in [6, 6.07) is 14.2. The van der Waals surface area contributed by atoms with Gasteiger partial charge in [-0.05, 0) is 37.3 Å². The van der Waals surface area contributed by atoms with E-state index >= 15 is 0 Å². The summed E-state index contributed by atoms with van der Waals surface area (Å²) in [4.78, 5) is 31.3. The van der Waals surface area contributed by atoms with E-state index in [-0.39, 0.29) is 36.6 Å². The second-order valence-corrected chi connectivity index (χ2v) is 8.87. The first kappa shape index (κ1) is 24.4. The van der Waals surface area contributed by atoms with Crippen molar-refractivity contribution < 1.29 is 19.4 Å². The third kappa shape index (κ3) is 5.76. The average Bonchev–Trinajstić information content (AvgIpc) is 2.80. The minimum atomic E-state index is -0.345. The molecule has 0 aromatic heterocycles. The van der Waals surface area contributed by atoms with E-state index in [1.165, 1.54) is 0 Å². The molecular weight excluding hydrogens is 420 g/mol. The molecule has 2 N–H and O–H groups in total. The maximum Gasteiger partial charge on any atom is 0.321 e. The number of benzene rings is 2. The molecule has 33 heavy (non-hydrogen) atoms. The van der Waals surface area contributed by atoms with Gasteiger partial charge < -0.3 is 29.9 Å². The van der Waals surface area contributed by atoms with Crippen molar-refractivity contribution in [1.82, 2.24) is 9.80 Å². The van der Waals surface area contributed by atoms with Crippen LogP contribution in [0.15, 0.2) is 48.5 Å². The summed E-state index contributed by atoms with van der Waals surface area (Å²) >= 11 is 0. The van der Waals surface area contributed by atoms with Gasteiger partial charge in [0.05, 0.1) is 24.8 Å². The number of hydrogen-bond acceptors (Lipinski definition) is 5. The monoisotopic (exact) mass is 454 g/mol. The molecule has 0 unspecified atom stereocenters. The number of anilines is 2. The highest BCUT2D eigenvalue weighted by Crippen LogP contribution is 2.31. The maximum atomic E-state index is 13.4. The lowest BCUT2D eigenvalue weighted by Crippen LogP contribution is -2.50. The Kier molecular flexibility index (Phi) is 7.81. The molecule has 1 aliphatic heterocycles. The van der Waals surface area contributed by atoms with Crippen LogP contribution >= 0.6 is 0 Å². The fourth-order valence-corrected chi connectivity index (χ4v) is 3.80. The van der Waals surface area contributed by atoms with E-state index < -0.39 is 0 Å². The topological polar surface area (TPSA) is 85.4 Å². The van der Waals surface area contributed by atoms with Crippen molar-refractivity contribution in [2.75, 3.05) is 51.1 Å². The Balaban J connectivity index is 1.87. The number of ether oxygens (including phenoxy) is 1. The normalized spacial score (nSPS) is 19.0. The van der Waals surface area contributed by atoms with Crippen LogP contribution in [-0.2, 0) is 0 Å². The summed E-state index contributed by atoms with van der Waals surface area (Å²) in [6.45, 7) is 4.44. The zero-order valence-corrected chi connectivity index (χ0v) is 20.0. The van der Waals surface area contributed by atoms with Gasteiger partial charge in [0.2, 0.25) is 0 Å². The molecule has 0 saturated heterocycles. The molecule has 1 aliphatic rings. The quantitative estimate of drug-likeness (QED) is 0.701. The summed E-state index contributed by atoms with van der Waals surface area (Å²) in [7, 11) is 5.55. The van der Waals surface area contributed by atoms with Crippen LogP contribution in [0.4, 0.5) is 16.2 Å². The van der Waals surface area contributed by atoms with Gasteiger partial charge >= 0.3 is 6.03 Å². The van der Waals surface area contributed by atoms with Gasteiger partial charge in [0.25, 0.3) is 5.91 Å². The first-order valence-electron chi connectivity index (χ1n) is 11.2. The number of carbonyl (C=O) groups excluding carboxylic acids is 2. The van der Waals surface area contributed by atoms with Crippen molar-refractivity contribution in [3.8, 4) is 5.75 Å². The molecule has 2 aromatic carbocycles. The fourth-order valence-electron chi connectivity index (χ4n) is 3.80. The van der Waals surface area contributed by atoms with Crippen LogP contribution in [0.2, 0.25) is 0 Å². The molecule has 0 spiro atoms. The van der Waals surface area contributed by atoms with E-state index in [1.54, 1.807) is 22.9 Å². The first-order chi connectivity index (χ1) is 15.7. The van der Waals surface area contributed by atoms with Crippen LogP contribution in [0, 0.1) is 5.92 Å². The van der Waals surface area contributed by atoms with Gasteiger partial charge in [-0.3, -0.25) is 4.79 Å². The van der Waals surface area contributed by atoms with Gasteiger partial charge in [-0.15, -0.1) is 0 Å². The van der Waals surface area contributed by atoms with E-state index in [9.17, 15) is 14.7 Å². The molecule has 3 amide bonds. The van der Waals surface area contributed by atoms with Crippen molar-refractivity contribution >= 4 is 23.3 Å². The number of hydrogen-bond donors (Lipinski definition) is 2. The number of carbonyl (C=O) groups is 2. The lowest BCUT2D eigenvalue weighted by Gasteiger charge is -2.38. The number of nitrogens with one attached hydrogen (secondary N) is 1. The third-order valence-electron chi connectivity index (χ3n) is 5.99. The van der Waals surface area contributed by atoms with Crippen molar-refractivity contribution in [2.45, 2.75) is 26.0 Å². The summed E-state index contributed by atoms with van der Waals surface area (Å²) in [5, 5.41) is 12.7. The molecule has 8 heteroatoms. The van der Waals surface area contributed by atoms with Gasteiger partial charge in [0.1, 0.15) is 11.9 Å². The fraction of sp³-hybridized carbons (Fsp3) is 0.440. The summed E-state index contributed by atoms with van der Waals surface area (Å²) in [5.41, 5.74) is 2.05. The van der Waals surface area contributed by atoms with E-state index in [1.807, 2.05) is 75.3 Å². The molecule has 0 fully saturated rings. The van der Waals surface area contributed by atoms with Crippen molar-refractivity contribution in [3.63, 3.8) is 0 Å². The number of fused-ring (bicyclic) bond motifs is 1. The second kappa shape index (κ2) is 10.6. The van der Waals surface area contributed by atoms with Crippen LogP contribution in [0.25, 0.3) is 0 Å². The molecule has 3 atom stereocenters. The van der Waals surface area contributed by atoms with Gasteiger partial charge in [-0.1, -0.05) is 25.1 Å². The maximum absolute atomic E-state index is 13.4. The standard InChI is InChI=1S/C25H34N4O4/c1-17-14-29(18(2)16-30)24(31)21-13-20(27(3)4)11-12-22(21)33-23(17)15-28(5)25(32)26-19-9-7-6-8-10-19/h6-13,17-18,23,30H,14-16H2,1-5H3,(H,26,32)/t17-,18+,23-/m1/s1. The number of para-hydroxylation sites is 1. The molecule has 1 heterocycles. The Labute approximate surface area is 195 Å². The summed E-state index contributed by atoms with van der Waals surface area (Å²) in [6.07, 6.45) is -0.345. The summed E-state index contributed by atoms with van der Waals surface area (Å²) in [5.74, 6) is 0.237. The van der Waals surface area contributed by atoms with Crippen molar-refractivity contribution in [2.24, 2.45) is 5.92 Å².